The SMILES string of the molecule is CN(Cc1cccnc1)C(=O)C1CCN(c2nc3ccc(Cl)cc3o2)CC1. The third kappa shape index (κ3) is 3.90. The molecule has 1 amide bonds. The Morgan fingerprint density at radius 2 is 2.15 bits per heavy atom. The number of oxazole rings is 1. The lowest BCUT2D eigenvalue weighted by molar-refractivity contribution is -0.135. The van der Waals surface area contributed by atoms with Crippen LogP contribution in [0.3, 0.4) is 0 Å². The third-order valence-electron chi connectivity index (χ3n) is 4.97. The van der Waals surface area contributed by atoms with E-state index in [1.807, 2.05) is 25.2 Å². The second-order valence-electron chi connectivity index (χ2n) is 6.93. The van der Waals surface area contributed by atoms with Gasteiger partial charge in [-0.25, -0.2) is 0 Å². The van der Waals surface area contributed by atoms with Gasteiger partial charge in [0, 0.05) is 56.1 Å². The number of hydrogen-bond donors (Lipinski definition) is 0. The topological polar surface area (TPSA) is 62.5 Å². The number of nitrogens with zero attached hydrogens (tertiary/aromatic N) is 4. The summed E-state index contributed by atoms with van der Waals surface area (Å²) < 4.78 is 5.84. The predicted molar refractivity (Wildman–Crippen MR) is 105 cm³/mol. The zero-order valence-electron chi connectivity index (χ0n) is 15.1. The summed E-state index contributed by atoms with van der Waals surface area (Å²) in [7, 11) is 1.85. The van der Waals surface area contributed by atoms with E-state index in [0.717, 1.165) is 37.0 Å². The Morgan fingerprint density at radius 3 is 2.89 bits per heavy atom. The van der Waals surface area contributed by atoms with Gasteiger partial charge in [0.25, 0.3) is 6.01 Å². The van der Waals surface area contributed by atoms with Gasteiger partial charge in [-0.2, -0.15) is 4.98 Å². The van der Waals surface area contributed by atoms with E-state index in [4.69, 9.17) is 16.0 Å². The first-order chi connectivity index (χ1) is 13.1. The van der Waals surface area contributed by atoms with Gasteiger partial charge in [-0.1, -0.05) is 17.7 Å². The van der Waals surface area contributed by atoms with Crippen LogP contribution in [0.25, 0.3) is 11.1 Å². The van der Waals surface area contributed by atoms with E-state index in [1.165, 1.54) is 0 Å². The van der Waals surface area contributed by atoms with E-state index in [2.05, 4.69) is 14.9 Å². The van der Waals surface area contributed by atoms with Gasteiger partial charge in [0.15, 0.2) is 5.58 Å². The van der Waals surface area contributed by atoms with Gasteiger partial charge in [-0.15, -0.1) is 0 Å². The van der Waals surface area contributed by atoms with Crippen LogP contribution in [0.15, 0.2) is 47.1 Å². The lowest BCUT2D eigenvalue weighted by atomic mass is 9.95. The molecule has 0 N–H and O–H groups in total. The molecular weight excluding hydrogens is 364 g/mol. The monoisotopic (exact) mass is 384 g/mol. The van der Waals surface area contributed by atoms with Crippen molar-refractivity contribution in [1.82, 2.24) is 14.9 Å². The fourth-order valence-corrected chi connectivity index (χ4v) is 3.66. The number of amides is 1. The summed E-state index contributed by atoms with van der Waals surface area (Å²) in [5.41, 5.74) is 2.52. The number of piperidine rings is 1. The molecule has 7 heteroatoms. The van der Waals surface area contributed by atoms with Crippen LogP contribution in [0.1, 0.15) is 18.4 Å². The van der Waals surface area contributed by atoms with Crippen molar-refractivity contribution < 1.29 is 9.21 Å². The summed E-state index contributed by atoms with van der Waals surface area (Å²) >= 11 is 6.01. The van der Waals surface area contributed by atoms with Crippen LogP contribution in [-0.2, 0) is 11.3 Å². The number of rotatable bonds is 4. The Morgan fingerprint density at radius 1 is 1.33 bits per heavy atom. The van der Waals surface area contributed by atoms with Crippen LogP contribution in [0.5, 0.6) is 0 Å². The van der Waals surface area contributed by atoms with Crippen LogP contribution in [-0.4, -0.2) is 40.9 Å². The smallest absolute Gasteiger partial charge is 0.298 e. The van der Waals surface area contributed by atoms with Crippen molar-refractivity contribution in [2.24, 2.45) is 5.92 Å². The summed E-state index contributed by atoms with van der Waals surface area (Å²) in [6.45, 7) is 2.08. The van der Waals surface area contributed by atoms with Crippen molar-refractivity contribution in [3.05, 3.63) is 53.3 Å². The molecule has 0 spiro atoms. The predicted octanol–water partition coefficient (Wildman–Crippen LogP) is 3.75. The first kappa shape index (κ1) is 17.8. The van der Waals surface area contributed by atoms with Crippen molar-refractivity contribution in [2.75, 3.05) is 25.0 Å². The molecule has 6 nitrogen and oxygen atoms in total. The van der Waals surface area contributed by atoms with Gasteiger partial charge in [-0.05, 0) is 36.6 Å². The molecule has 3 heterocycles. The number of carbonyl (C=O) groups is 1. The van der Waals surface area contributed by atoms with Crippen molar-refractivity contribution in [1.29, 1.82) is 0 Å². The molecule has 0 saturated carbocycles. The van der Waals surface area contributed by atoms with Gasteiger partial charge >= 0.3 is 0 Å². The van der Waals surface area contributed by atoms with E-state index in [0.29, 0.717) is 23.2 Å². The number of carbonyl (C=O) groups excluding carboxylic acids is 1. The molecule has 1 aliphatic rings. The Kier molecular flexibility index (Phi) is 4.99. The molecule has 140 valence electrons. The van der Waals surface area contributed by atoms with Crippen molar-refractivity contribution in [2.45, 2.75) is 19.4 Å². The lowest BCUT2D eigenvalue weighted by Crippen LogP contribution is -2.41. The molecule has 3 aromatic rings. The summed E-state index contributed by atoms with van der Waals surface area (Å²) in [5, 5.41) is 0.631. The van der Waals surface area contributed by atoms with Gasteiger partial charge < -0.3 is 14.2 Å². The minimum absolute atomic E-state index is 0.0294. The van der Waals surface area contributed by atoms with Gasteiger partial charge in [0.05, 0.1) is 0 Å². The van der Waals surface area contributed by atoms with E-state index >= 15 is 0 Å². The highest BCUT2D eigenvalue weighted by atomic mass is 35.5. The number of halogens is 1. The molecule has 2 aromatic heterocycles. The van der Waals surface area contributed by atoms with Gasteiger partial charge in [0.1, 0.15) is 5.52 Å². The van der Waals surface area contributed by atoms with Gasteiger partial charge in [-0.3, -0.25) is 9.78 Å². The van der Waals surface area contributed by atoms with E-state index in [9.17, 15) is 4.79 Å². The summed E-state index contributed by atoms with van der Waals surface area (Å²) in [5.74, 6) is 0.213. The van der Waals surface area contributed by atoms with Crippen molar-refractivity contribution in [3.8, 4) is 0 Å². The molecule has 0 aliphatic carbocycles. The van der Waals surface area contributed by atoms with Crippen molar-refractivity contribution >= 4 is 34.6 Å². The molecular formula is C20H21ClN4O2. The van der Waals surface area contributed by atoms with Crippen LogP contribution in [0.4, 0.5) is 6.01 Å². The molecule has 1 aliphatic heterocycles. The maximum atomic E-state index is 12.8. The standard InChI is InChI=1S/C20H21ClN4O2/c1-24(13-14-3-2-8-22-12-14)19(26)15-6-9-25(10-7-15)20-23-17-5-4-16(21)11-18(17)27-20/h2-5,8,11-12,15H,6-7,9-10,13H2,1H3. The number of hydrogen-bond acceptors (Lipinski definition) is 5. The highest BCUT2D eigenvalue weighted by molar-refractivity contribution is 6.31. The Hall–Kier alpha value is -2.60. The second-order valence-corrected chi connectivity index (χ2v) is 7.36. The van der Waals surface area contributed by atoms with Crippen LogP contribution in [0, 0.1) is 5.92 Å². The maximum absolute atomic E-state index is 12.8. The molecule has 1 aromatic carbocycles. The van der Waals surface area contributed by atoms with Crippen molar-refractivity contribution in [3.63, 3.8) is 0 Å². The molecule has 27 heavy (non-hydrogen) atoms. The van der Waals surface area contributed by atoms with E-state index in [1.54, 1.807) is 29.4 Å². The Balaban J connectivity index is 1.37. The average molecular weight is 385 g/mol. The molecule has 1 fully saturated rings. The number of anilines is 1. The third-order valence-corrected chi connectivity index (χ3v) is 5.21. The summed E-state index contributed by atoms with van der Waals surface area (Å²) in [6, 6.07) is 9.91. The quantitative estimate of drug-likeness (QED) is 0.685. The normalized spacial score (nSPS) is 15.3. The molecule has 0 bridgehead atoms. The van der Waals surface area contributed by atoms with Crippen LogP contribution < -0.4 is 4.90 Å². The molecule has 0 radical (unpaired) electrons. The average Bonchev–Trinajstić information content (AvgIpc) is 3.11. The van der Waals surface area contributed by atoms with Crippen LogP contribution in [0.2, 0.25) is 5.02 Å². The molecule has 4 rings (SSSR count). The summed E-state index contributed by atoms with van der Waals surface area (Å²) in [6.07, 6.45) is 5.11. The number of benzene rings is 1. The summed E-state index contributed by atoms with van der Waals surface area (Å²) in [4.78, 5) is 25.3. The maximum Gasteiger partial charge on any atom is 0.298 e. The van der Waals surface area contributed by atoms with E-state index in [-0.39, 0.29) is 11.8 Å². The second kappa shape index (κ2) is 7.56. The van der Waals surface area contributed by atoms with Gasteiger partial charge in [0.2, 0.25) is 5.91 Å². The Labute approximate surface area is 162 Å². The zero-order valence-corrected chi connectivity index (χ0v) is 15.9. The minimum Gasteiger partial charge on any atom is -0.423 e. The Bertz CT molecular complexity index is 936. The number of fused-ring (bicyclic) bond motifs is 1. The largest absolute Gasteiger partial charge is 0.423 e. The highest BCUT2D eigenvalue weighted by Gasteiger charge is 2.29. The minimum atomic E-state index is 0.0294. The molecule has 0 unspecified atom stereocenters. The number of pyridine rings is 1. The zero-order chi connectivity index (χ0) is 18.8. The number of aromatic nitrogens is 2. The first-order valence-corrected chi connectivity index (χ1v) is 9.43. The van der Waals surface area contributed by atoms with E-state index < -0.39 is 0 Å². The highest BCUT2D eigenvalue weighted by Crippen LogP contribution is 2.28. The fraction of sp³-hybridized carbons (Fsp3) is 0.350. The molecule has 0 atom stereocenters. The first-order valence-electron chi connectivity index (χ1n) is 9.05. The van der Waals surface area contributed by atoms with Crippen LogP contribution >= 0.6 is 11.6 Å². The fourth-order valence-electron chi connectivity index (χ4n) is 3.49. The lowest BCUT2D eigenvalue weighted by Gasteiger charge is -2.32. The molecule has 1 saturated heterocycles.